The van der Waals surface area contributed by atoms with Crippen LogP contribution in [0.25, 0.3) is 0 Å². The van der Waals surface area contributed by atoms with Gasteiger partial charge in [-0.1, -0.05) is 0 Å². The smallest absolute Gasteiger partial charge is 0.187 e. The van der Waals surface area contributed by atoms with Crippen molar-refractivity contribution in [2.75, 3.05) is 33.0 Å². The summed E-state index contributed by atoms with van der Waals surface area (Å²) in [4.78, 5) is 0. The summed E-state index contributed by atoms with van der Waals surface area (Å²) in [6.45, 7) is 0.283. The summed E-state index contributed by atoms with van der Waals surface area (Å²) in [5, 5.41) is 91.3. The van der Waals surface area contributed by atoms with E-state index in [0.29, 0.717) is 6.61 Å². The molecule has 0 aromatic heterocycles. The highest BCUT2D eigenvalue weighted by Gasteiger charge is 2.52. The molecule has 3 rings (SSSR count). The fraction of sp³-hybridized carbons (Fsp3) is 1.00. The highest BCUT2D eigenvalue weighted by atomic mass is 16.7. The van der Waals surface area contributed by atoms with Crippen molar-refractivity contribution >= 4 is 0 Å². The first-order valence-electron chi connectivity index (χ1n) is 11.4. The van der Waals surface area contributed by atoms with Gasteiger partial charge in [0.05, 0.1) is 26.4 Å². The van der Waals surface area contributed by atoms with Gasteiger partial charge < -0.3 is 74.4 Å². The quantitative estimate of drug-likeness (QED) is 0.139. The predicted molar refractivity (Wildman–Crippen MR) is 110 cm³/mol. The second kappa shape index (κ2) is 12.8. The van der Waals surface area contributed by atoms with Crippen LogP contribution < -0.4 is 0 Å². The third-order valence-electron chi connectivity index (χ3n) is 6.32. The summed E-state index contributed by atoms with van der Waals surface area (Å²) in [5.74, 6) is 0. The lowest BCUT2D eigenvalue weighted by molar-refractivity contribution is -0.371. The molecule has 15 nitrogen and oxygen atoms in total. The van der Waals surface area contributed by atoms with Crippen molar-refractivity contribution in [3.05, 3.63) is 0 Å². The van der Waals surface area contributed by atoms with Crippen molar-refractivity contribution in [2.45, 2.75) is 92.8 Å². The SMILES string of the molecule is CCOCC1OC(OC2C(CO)OC(OC3C(CO)OCC(O)C3O)C(O)C2O)C(O)C(O)C1O. The summed E-state index contributed by atoms with van der Waals surface area (Å²) in [5.41, 5.74) is 0. The Morgan fingerprint density at radius 1 is 0.657 bits per heavy atom. The first kappa shape index (κ1) is 29.0. The summed E-state index contributed by atoms with van der Waals surface area (Å²) in [6.07, 6.45) is -20.9. The van der Waals surface area contributed by atoms with Crippen LogP contribution in [0.5, 0.6) is 0 Å². The Kier molecular flexibility index (Phi) is 10.6. The van der Waals surface area contributed by atoms with Crippen molar-refractivity contribution in [2.24, 2.45) is 0 Å². The molecule has 9 N–H and O–H groups in total. The van der Waals surface area contributed by atoms with Gasteiger partial charge in [0.25, 0.3) is 0 Å². The third kappa shape index (κ3) is 6.28. The van der Waals surface area contributed by atoms with E-state index in [1.165, 1.54) is 0 Å². The molecule has 206 valence electrons. The largest absolute Gasteiger partial charge is 0.394 e. The van der Waals surface area contributed by atoms with Gasteiger partial charge in [0.15, 0.2) is 12.6 Å². The van der Waals surface area contributed by atoms with E-state index in [1.807, 2.05) is 0 Å². The van der Waals surface area contributed by atoms with E-state index in [9.17, 15) is 46.0 Å². The zero-order chi connectivity index (χ0) is 25.9. The molecule has 3 fully saturated rings. The molecular formula is C20H36O15. The lowest BCUT2D eigenvalue weighted by Gasteiger charge is -2.47. The van der Waals surface area contributed by atoms with Gasteiger partial charge in [-0.05, 0) is 6.92 Å². The molecule has 0 aromatic carbocycles. The third-order valence-corrected chi connectivity index (χ3v) is 6.32. The van der Waals surface area contributed by atoms with Crippen molar-refractivity contribution < 1.29 is 74.4 Å². The van der Waals surface area contributed by atoms with Crippen LogP contribution in [0.3, 0.4) is 0 Å². The van der Waals surface area contributed by atoms with Gasteiger partial charge in [0.1, 0.15) is 73.2 Å². The standard InChI is InChI=1S/C20H36O15/c1-2-30-6-10-12(25)13(26)15(28)19(33-10)35-18-9(4-22)32-20(16(29)14(18)27)34-17-8(3-21)31-5-7(23)11(17)24/h7-29H,2-6H2,1H3. The van der Waals surface area contributed by atoms with Gasteiger partial charge in [-0.2, -0.15) is 0 Å². The molecule has 0 saturated carbocycles. The number of aliphatic hydroxyl groups excluding tert-OH is 9. The van der Waals surface area contributed by atoms with Gasteiger partial charge in [-0.25, -0.2) is 0 Å². The molecular weight excluding hydrogens is 480 g/mol. The molecule has 3 aliphatic rings. The van der Waals surface area contributed by atoms with Crippen LogP contribution in [-0.4, -0.2) is 165 Å². The first-order chi connectivity index (χ1) is 16.6. The second-order valence-corrected chi connectivity index (χ2v) is 8.69. The van der Waals surface area contributed by atoms with Gasteiger partial charge >= 0.3 is 0 Å². The molecule has 14 atom stereocenters. The molecule has 0 bridgehead atoms. The number of hydrogen-bond acceptors (Lipinski definition) is 15. The van der Waals surface area contributed by atoms with E-state index in [-0.39, 0.29) is 13.2 Å². The minimum absolute atomic E-state index is 0.128. The molecule has 14 unspecified atom stereocenters. The van der Waals surface area contributed by atoms with Crippen LogP contribution in [0, 0.1) is 0 Å². The lowest BCUT2D eigenvalue weighted by atomic mass is 9.96. The van der Waals surface area contributed by atoms with Crippen molar-refractivity contribution in [1.29, 1.82) is 0 Å². The van der Waals surface area contributed by atoms with Crippen molar-refractivity contribution in [1.82, 2.24) is 0 Å². The zero-order valence-corrected chi connectivity index (χ0v) is 19.1. The Hall–Kier alpha value is -0.600. The number of ether oxygens (including phenoxy) is 6. The lowest BCUT2D eigenvalue weighted by Crippen LogP contribution is -2.66. The average Bonchev–Trinajstić information content (AvgIpc) is 2.85. The van der Waals surface area contributed by atoms with E-state index in [4.69, 9.17) is 28.4 Å². The summed E-state index contributed by atoms with van der Waals surface area (Å²) < 4.78 is 32.5. The van der Waals surface area contributed by atoms with Crippen LogP contribution in [0.1, 0.15) is 6.92 Å². The van der Waals surface area contributed by atoms with Crippen LogP contribution in [0.2, 0.25) is 0 Å². The summed E-state index contributed by atoms with van der Waals surface area (Å²) in [6, 6.07) is 0. The maximum absolute atomic E-state index is 10.7. The molecule has 0 amide bonds. The van der Waals surface area contributed by atoms with E-state index in [2.05, 4.69) is 0 Å². The summed E-state index contributed by atoms with van der Waals surface area (Å²) in [7, 11) is 0. The van der Waals surface area contributed by atoms with Crippen molar-refractivity contribution in [3.8, 4) is 0 Å². The fourth-order valence-electron chi connectivity index (χ4n) is 4.22. The average molecular weight is 516 g/mol. The minimum atomic E-state index is -1.82. The second-order valence-electron chi connectivity index (χ2n) is 8.69. The van der Waals surface area contributed by atoms with Crippen LogP contribution in [0.15, 0.2) is 0 Å². The molecule has 3 heterocycles. The van der Waals surface area contributed by atoms with Crippen LogP contribution in [0.4, 0.5) is 0 Å². The minimum Gasteiger partial charge on any atom is -0.394 e. The van der Waals surface area contributed by atoms with Gasteiger partial charge in [-0.15, -0.1) is 0 Å². The van der Waals surface area contributed by atoms with E-state index < -0.39 is 99.0 Å². The van der Waals surface area contributed by atoms with Crippen LogP contribution in [-0.2, 0) is 28.4 Å². The number of rotatable bonds is 9. The molecule has 0 spiro atoms. The molecule has 0 radical (unpaired) electrons. The monoisotopic (exact) mass is 516 g/mol. The number of aliphatic hydroxyl groups is 9. The van der Waals surface area contributed by atoms with Crippen LogP contribution >= 0.6 is 0 Å². The first-order valence-corrected chi connectivity index (χ1v) is 11.4. The molecule has 35 heavy (non-hydrogen) atoms. The Balaban J connectivity index is 1.70. The Morgan fingerprint density at radius 3 is 1.77 bits per heavy atom. The zero-order valence-electron chi connectivity index (χ0n) is 19.1. The van der Waals surface area contributed by atoms with Gasteiger partial charge in [-0.3, -0.25) is 0 Å². The fourth-order valence-corrected chi connectivity index (χ4v) is 4.22. The maximum atomic E-state index is 10.7. The molecule has 0 aliphatic carbocycles. The predicted octanol–water partition coefficient (Wildman–Crippen LogP) is -5.85. The molecule has 0 aromatic rings. The molecule has 3 saturated heterocycles. The van der Waals surface area contributed by atoms with E-state index in [1.54, 1.807) is 6.92 Å². The van der Waals surface area contributed by atoms with Crippen molar-refractivity contribution in [3.63, 3.8) is 0 Å². The highest BCUT2D eigenvalue weighted by molar-refractivity contribution is 4.95. The van der Waals surface area contributed by atoms with E-state index in [0.717, 1.165) is 0 Å². The Labute approximate surface area is 200 Å². The highest BCUT2D eigenvalue weighted by Crippen LogP contribution is 2.31. The maximum Gasteiger partial charge on any atom is 0.187 e. The van der Waals surface area contributed by atoms with Gasteiger partial charge in [0.2, 0.25) is 0 Å². The number of hydrogen-bond donors (Lipinski definition) is 9. The Bertz CT molecular complexity index is 638. The van der Waals surface area contributed by atoms with E-state index >= 15 is 0 Å². The topological polar surface area (TPSA) is 237 Å². The molecule has 15 heteroatoms. The van der Waals surface area contributed by atoms with Gasteiger partial charge in [0, 0.05) is 6.61 Å². The summed E-state index contributed by atoms with van der Waals surface area (Å²) >= 11 is 0. The normalized spacial score (nSPS) is 49.2. The Morgan fingerprint density at radius 2 is 1.20 bits per heavy atom. The molecule has 3 aliphatic heterocycles.